The molecule has 0 fully saturated rings. The summed E-state index contributed by atoms with van der Waals surface area (Å²) in [6.45, 7) is 0. The Morgan fingerprint density at radius 1 is 1.27 bits per heavy atom. The van der Waals surface area contributed by atoms with Crippen molar-refractivity contribution in [2.45, 2.75) is 4.90 Å². The summed E-state index contributed by atoms with van der Waals surface area (Å²) < 4.78 is 22.2. The molecule has 0 saturated carbocycles. The number of hydrogen-bond acceptors (Lipinski definition) is 4. The van der Waals surface area contributed by atoms with E-state index in [4.69, 9.17) is 0 Å². The van der Waals surface area contributed by atoms with Crippen molar-refractivity contribution < 1.29 is 13.3 Å². The maximum atomic E-state index is 11.1. The average molecular weight is 227 g/mol. The van der Waals surface area contributed by atoms with Gasteiger partial charge in [0.05, 0.1) is 9.82 Å². The van der Waals surface area contributed by atoms with Gasteiger partial charge in [-0.25, -0.2) is 8.42 Å². The van der Waals surface area contributed by atoms with E-state index in [0.29, 0.717) is 5.56 Å². The van der Waals surface area contributed by atoms with Gasteiger partial charge in [0.2, 0.25) is 6.20 Å². The highest BCUT2D eigenvalue weighted by atomic mass is 32.2. The zero-order valence-electron chi connectivity index (χ0n) is 7.95. The number of nitro groups is 1. The molecule has 0 amide bonds. The lowest BCUT2D eigenvalue weighted by molar-refractivity contribution is -0.400. The van der Waals surface area contributed by atoms with Gasteiger partial charge in [-0.15, -0.1) is 0 Å². The normalized spacial score (nSPS) is 11.8. The summed E-state index contributed by atoms with van der Waals surface area (Å²) in [5, 5.41) is 10.0. The molecule has 0 saturated heterocycles. The van der Waals surface area contributed by atoms with E-state index >= 15 is 0 Å². The summed E-state index contributed by atoms with van der Waals surface area (Å²) in [6.07, 6.45) is 3.20. The van der Waals surface area contributed by atoms with Crippen LogP contribution in [0, 0.1) is 10.1 Å². The van der Waals surface area contributed by atoms with Crippen LogP contribution >= 0.6 is 0 Å². The van der Waals surface area contributed by atoms with Gasteiger partial charge in [-0.3, -0.25) is 10.1 Å². The Bertz CT molecular complexity index is 487. The number of sulfone groups is 1. The van der Waals surface area contributed by atoms with Gasteiger partial charge in [-0.1, -0.05) is 12.1 Å². The molecule has 6 heteroatoms. The van der Waals surface area contributed by atoms with E-state index in [1.54, 1.807) is 0 Å². The molecule has 0 aliphatic heterocycles. The van der Waals surface area contributed by atoms with Crippen molar-refractivity contribution in [1.82, 2.24) is 0 Å². The molecule has 0 radical (unpaired) electrons. The van der Waals surface area contributed by atoms with Crippen LogP contribution in [0.25, 0.3) is 6.08 Å². The summed E-state index contributed by atoms with van der Waals surface area (Å²) in [4.78, 5) is 9.64. The second-order valence-electron chi connectivity index (χ2n) is 2.94. The molecule has 1 rings (SSSR count). The fraction of sp³-hybridized carbons (Fsp3) is 0.111. The van der Waals surface area contributed by atoms with Gasteiger partial charge in [0.25, 0.3) is 0 Å². The first-order valence-corrected chi connectivity index (χ1v) is 5.90. The molecule has 0 N–H and O–H groups in total. The third-order valence-corrected chi connectivity index (χ3v) is 2.83. The Morgan fingerprint density at radius 3 is 2.20 bits per heavy atom. The smallest absolute Gasteiger partial charge is 0.235 e. The Hall–Kier alpha value is -1.69. The van der Waals surface area contributed by atoms with E-state index in [0.717, 1.165) is 12.5 Å². The molecule has 1 aromatic carbocycles. The minimum Gasteiger partial charge on any atom is -0.259 e. The molecular weight excluding hydrogens is 218 g/mol. The molecule has 0 bridgehead atoms. The Balaban J connectivity index is 2.96. The van der Waals surface area contributed by atoms with Gasteiger partial charge in [0, 0.05) is 12.3 Å². The number of nitrogens with zero attached hydrogens (tertiary/aromatic N) is 1. The van der Waals surface area contributed by atoms with Crippen LogP contribution in [-0.2, 0) is 9.84 Å². The van der Waals surface area contributed by atoms with Crippen molar-refractivity contribution in [1.29, 1.82) is 0 Å². The van der Waals surface area contributed by atoms with Crippen molar-refractivity contribution in [2.24, 2.45) is 0 Å². The molecule has 15 heavy (non-hydrogen) atoms. The summed E-state index contributed by atoms with van der Waals surface area (Å²) in [6, 6.07) is 5.84. The second-order valence-corrected chi connectivity index (χ2v) is 4.96. The molecule has 0 spiro atoms. The van der Waals surface area contributed by atoms with E-state index in [2.05, 4.69) is 0 Å². The molecule has 0 atom stereocenters. The lowest BCUT2D eigenvalue weighted by atomic mass is 10.2. The third kappa shape index (κ3) is 3.51. The molecular formula is C9H9NO4S. The highest BCUT2D eigenvalue weighted by Crippen LogP contribution is 2.11. The predicted molar refractivity (Wildman–Crippen MR) is 55.6 cm³/mol. The molecule has 80 valence electrons. The lowest BCUT2D eigenvalue weighted by Gasteiger charge is -1.97. The number of hydrogen-bond donors (Lipinski definition) is 0. The topological polar surface area (TPSA) is 77.3 Å². The van der Waals surface area contributed by atoms with Gasteiger partial charge in [0.1, 0.15) is 0 Å². The first-order valence-electron chi connectivity index (χ1n) is 4.01. The van der Waals surface area contributed by atoms with Crippen LogP contribution in [0.2, 0.25) is 0 Å². The average Bonchev–Trinajstić information content (AvgIpc) is 2.14. The van der Waals surface area contributed by atoms with Gasteiger partial charge in [0.15, 0.2) is 9.84 Å². The van der Waals surface area contributed by atoms with Gasteiger partial charge < -0.3 is 0 Å². The first kappa shape index (κ1) is 11.4. The molecule has 1 aromatic rings. The van der Waals surface area contributed by atoms with E-state index in [9.17, 15) is 18.5 Å². The van der Waals surface area contributed by atoms with Crippen LogP contribution in [0.1, 0.15) is 5.56 Å². The van der Waals surface area contributed by atoms with Crippen molar-refractivity contribution in [3.63, 3.8) is 0 Å². The Labute approximate surface area is 87.1 Å². The van der Waals surface area contributed by atoms with Crippen LogP contribution in [0.4, 0.5) is 0 Å². The standard InChI is InChI=1S/C9H9NO4S/c1-15(13,14)9-4-2-8(3-5-9)6-7-10(11)12/h2-7H,1H3. The predicted octanol–water partition coefficient (Wildman–Crippen LogP) is 1.34. The minimum atomic E-state index is -3.21. The van der Waals surface area contributed by atoms with Crippen molar-refractivity contribution in [3.05, 3.63) is 46.1 Å². The second kappa shape index (κ2) is 4.22. The van der Waals surface area contributed by atoms with Gasteiger partial charge in [-0.2, -0.15) is 0 Å². The van der Waals surface area contributed by atoms with Gasteiger partial charge in [-0.05, 0) is 17.7 Å². The fourth-order valence-electron chi connectivity index (χ4n) is 0.973. The highest BCUT2D eigenvalue weighted by molar-refractivity contribution is 7.90. The van der Waals surface area contributed by atoms with Crippen molar-refractivity contribution in [2.75, 3.05) is 6.26 Å². The molecule has 0 aromatic heterocycles. The lowest BCUT2D eigenvalue weighted by Crippen LogP contribution is -1.96. The fourth-order valence-corrected chi connectivity index (χ4v) is 1.60. The zero-order valence-corrected chi connectivity index (χ0v) is 8.77. The quantitative estimate of drug-likeness (QED) is 0.576. The van der Waals surface area contributed by atoms with E-state index in [1.165, 1.54) is 30.3 Å². The largest absolute Gasteiger partial charge is 0.259 e. The van der Waals surface area contributed by atoms with Crippen molar-refractivity contribution in [3.8, 4) is 0 Å². The van der Waals surface area contributed by atoms with E-state index in [1.807, 2.05) is 0 Å². The first-order chi connectivity index (χ1) is 6.89. The Kier molecular flexibility index (Phi) is 3.21. The summed E-state index contributed by atoms with van der Waals surface area (Å²) in [7, 11) is -3.21. The van der Waals surface area contributed by atoms with E-state index in [-0.39, 0.29) is 4.90 Å². The minimum absolute atomic E-state index is 0.195. The van der Waals surface area contributed by atoms with Crippen LogP contribution in [0.15, 0.2) is 35.4 Å². The van der Waals surface area contributed by atoms with Crippen LogP contribution < -0.4 is 0 Å². The van der Waals surface area contributed by atoms with Gasteiger partial charge >= 0.3 is 0 Å². The Morgan fingerprint density at radius 2 is 1.80 bits per heavy atom. The molecule has 0 heterocycles. The van der Waals surface area contributed by atoms with Crippen LogP contribution in [-0.4, -0.2) is 19.6 Å². The molecule has 5 nitrogen and oxygen atoms in total. The molecule has 0 aliphatic carbocycles. The maximum Gasteiger partial charge on any atom is 0.235 e. The SMILES string of the molecule is CS(=O)(=O)c1ccc(C=C[N+](=O)[O-])cc1. The maximum absolute atomic E-state index is 11.1. The highest BCUT2D eigenvalue weighted by Gasteiger charge is 2.05. The zero-order chi connectivity index (χ0) is 11.5. The summed E-state index contributed by atoms with van der Waals surface area (Å²) >= 11 is 0. The number of rotatable bonds is 3. The summed E-state index contributed by atoms with van der Waals surface area (Å²) in [5.74, 6) is 0. The monoisotopic (exact) mass is 227 g/mol. The molecule has 0 unspecified atom stereocenters. The number of benzene rings is 1. The van der Waals surface area contributed by atoms with Crippen LogP contribution in [0.5, 0.6) is 0 Å². The molecule has 0 aliphatic rings. The van der Waals surface area contributed by atoms with Crippen LogP contribution in [0.3, 0.4) is 0 Å². The van der Waals surface area contributed by atoms with E-state index < -0.39 is 14.8 Å². The van der Waals surface area contributed by atoms with Crippen molar-refractivity contribution >= 4 is 15.9 Å². The summed E-state index contributed by atoms with van der Waals surface area (Å²) in [5.41, 5.74) is 0.583. The third-order valence-electron chi connectivity index (χ3n) is 1.70.